The van der Waals surface area contributed by atoms with Crippen LogP contribution in [0, 0.1) is 0 Å². The Bertz CT molecular complexity index is 848. The second-order valence-corrected chi connectivity index (χ2v) is 6.35. The van der Waals surface area contributed by atoms with Gasteiger partial charge in [0.2, 0.25) is 11.8 Å². The molecular formula is C21H23N3O3. The highest BCUT2D eigenvalue weighted by Gasteiger charge is 2.22. The van der Waals surface area contributed by atoms with E-state index in [0.717, 1.165) is 29.8 Å². The number of para-hydroxylation sites is 1. The fourth-order valence-corrected chi connectivity index (χ4v) is 3.10. The van der Waals surface area contributed by atoms with Gasteiger partial charge in [-0.25, -0.2) is 5.43 Å². The van der Waals surface area contributed by atoms with Crippen LogP contribution in [-0.4, -0.2) is 31.7 Å². The number of hydrazone groups is 1. The van der Waals surface area contributed by atoms with Crippen molar-refractivity contribution in [3.05, 3.63) is 59.7 Å². The fourth-order valence-electron chi connectivity index (χ4n) is 3.10. The number of amides is 2. The van der Waals surface area contributed by atoms with Crippen LogP contribution in [-0.2, 0) is 16.0 Å². The van der Waals surface area contributed by atoms with Gasteiger partial charge in [-0.15, -0.1) is 0 Å². The molecule has 2 aromatic rings. The lowest BCUT2D eigenvalue weighted by Crippen LogP contribution is -2.36. The van der Waals surface area contributed by atoms with E-state index in [2.05, 4.69) is 16.6 Å². The maximum Gasteiger partial charge on any atom is 0.240 e. The third kappa shape index (κ3) is 4.94. The summed E-state index contributed by atoms with van der Waals surface area (Å²) in [4.78, 5) is 26.3. The Kier molecular flexibility index (Phi) is 6.20. The van der Waals surface area contributed by atoms with Gasteiger partial charge in [-0.05, 0) is 42.2 Å². The van der Waals surface area contributed by atoms with Crippen LogP contribution in [0.4, 0.5) is 5.69 Å². The zero-order valence-corrected chi connectivity index (χ0v) is 15.4. The van der Waals surface area contributed by atoms with Crippen LogP contribution in [0.2, 0.25) is 0 Å². The maximum atomic E-state index is 12.5. The number of hydrogen-bond acceptors (Lipinski definition) is 4. The van der Waals surface area contributed by atoms with Crippen molar-refractivity contribution < 1.29 is 14.3 Å². The van der Waals surface area contributed by atoms with Gasteiger partial charge < -0.3 is 9.64 Å². The van der Waals surface area contributed by atoms with Gasteiger partial charge in [-0.3, -0.25) is 9.59 Å². The Morgan fingerprint density at radius 1 is 1.19 bits per heavy atom. The molecule has 0 fully saturated rings. The van der Waals surface area contributed by atoms with Gasteiger partial charge in [-0.1, -0.05) is 30.3 Å². The second-order valence-electron chi connectivity index (χ2n) is 6.35. The normalized spacial score (nSPS) is 13.3. The number of nitrogens with zero attached hydrogens (tertiary/aromatic N) is 2. The summed E-state index contributed by atoms with van der Waals surface area (Å²) in [7, 11) is 1.59. The molecule has 0 saturated heterocycles. The largest absolute Gasteiger partial charge is 0.497 e. The molecule has 0 radical (unpaired) electrons. The Hall–Kier alpha value is -3.15. The Morgan fingerprint density at radius 2 is 2.04 bits per heavy atom. The number of carbonyl (C=O) groups is 2. The molecule has 0 bridgehead atoms. The molecule has 27 heavy (non-hydrogen) atoms. The van der Waals surface area contributed by atoms with Crippen LogP contribution in [0.3, 0.4) is 0 Å². The molecule has 1 heterocycles. The summed E-state index contributed by atoms with van der Waals surface area (Å²) >= 11 is 0. The van der Waals surface area contributed by atoms with Crippen molar-refractivity contribution in [1.82, 2.24) is 5.43 Å². The Morgan fingerprint density at radius 3 is 2.89 bits per heavy atom. The molecule has 2 amide bonds. The molecule has 0 aromatic heterocycles. The summed E-state index contributed by atoms with van der Waals surface area (Å²) < 4.78 is 5.14. The first-order chi connectivity index (χ1) is 13.2. The number of nitrogens with one attached hydrogen (secondary N) is 1. The smallest absolute Gasteiger partial charge is 0.240 e. The molecule has 0 saturated carbocycles. The molecule has 0 unspecified atom stereocenters. The van der Waals surface area contributed by atoms with Crippen LogP contribution in [0.1, 0.15) is 30.4 Å². The first-order valence-corrected chi connectivity index (χ1v) is 9.01. The fraction of sp³-hybridized carbons (Fsp3) is 0.286. The van der Waals surface area contributed by atoms with Crippen molar-refractivity contribution in [2.24, 2.45) is 5.10 Å². The average molecular weight is 365 g/mol. The third-order valence-corrected chi connectivity index (χ3v) is 4.47. The number of ether oxygens (including phenoxy) is 1. The lowest BCUT2D eigenvalue weighted by Gasteiger charge is -2.29. The quantitative estimate of drug-likeness (QED) is 0.632. The molecule has 0 spiro atoms. The van der Waals surface area contributed by atoms with Gasteiger partial charge >= 0.3 is 0 Å². The van der Waals surface area contributed by atoms with Gasteiger partial charge in [0.25, 0.3) is 0 Å². The maximum absolute atomic E-state index is 12.5. The molecule has 0 aliphatic carbocycles. The molecule has 0 atom stereocenters. The highest BCUT2D eigenvalue weighted by molar-refractivity contribution is 5.96. The van der Waals surface area contributed by atoms with Crippen LogP contribution in [0.5, 0.6) is 5.75 Å². The number of methoxy groups -OCH3 is 1. The lowest BCUT2D eigenvalue weighted by atomic mass is 10.0. The van der Waals surface area contributed by atoms with Crippen LogP contribution in [0.25, 0.3) is 0 Å². The van der Waals surface area contributed by atoms with Crippen molar-refractivity contribution in [1.29, 1.82) is 0 Å². The molecule has 1 aliphatic rings. The van der Waals surface area contributed by atoms with E-state index in [9.17, 15) is 9.59 Å². The number of hydrogen-bond donors (Lipinski definition) is 1. The third-order valence-electron chi connectivity index (χ3n) is 4.47. The number of aryl methyl sites for hydroxylation is 1. The highest BCUT2D eigenvalue weighted by Crippen LogP contribution is 2.27. The first kappa shape index (κ1) is 18.6. The molecule has 2 aromatic carbocycles. The zero-order valence-electron chi connectivity index (χ0n) is 15.4. The first-order valence-electron chi connectivity index (χ1n) is 9.01. The summed E-state index contributed by atoms with van der Waals surface area (Å²) in [5.41, 5.74) is 5.43. The highest BCUT2D eigenvalue weighted by atomic mass is 16.5. The van der Waals surface area contributed by atoms with E-state index in [1.165, 1.54) is 5.56 Å². The minimum absolute atomic E-state index is 0.0333. The van der Waals surface area contributed by atoms with Crippen LogP contribution < -0.4 is 15.1 Å². The average Bonchev–Trinajstić information content (AvgIpc) is 2.71. The van der Waals surface area contributed by atoms with E-state index < -0.39 is 0 Å². The summed E-state index contributed by atoms with van der Waals surface area (Å²) in [6.45, 7) is 0.700. The van der Waals surface area contributed by atoms with Crippen molar-refractivity contribution in [2.75, 3.05) is 18.6 Å². The van der Waals surface area contributed by atoms with Crippen molar-refractivity contribution in [2.45, 2.75) is 25.7 Å². The van der Waals surface area contributed by atoms with Gasteiger partial charge in [-0.2, -0.15) is 5.10 Å². The molecule has 6 nitrogen and oxygen atoms in total. The minimum atomic E-state index is -0.284. The molecular weight excluding hydrogens is 342 g/mol. The molecule has 3 rings (SSSR count). The van der Waals surface area contributed by atoms with Gasteiger partial charge in [0.05, 0.1) is 13.3 Å². The summed E-state index contributed by atoms with van der Waals surface area (Å²) in [5.74, 6) is 0.402. The van der Waals surface area contributed by atoms with E-state index in [1.807, 2.05) is 42.5 Å². The predicted molar refractivity (Wildman–Crippen MR) is 105 cm³/mol. The summed E-state index contributed by atoms with van der Waals surface area (Å²) in [6.07, 6.45) is 3.74. The zero-order chi connectivity index (χ0) is 19.1. The SMILES string of the molecule is COc1cccc(C=NNC(=O)CCC(=O)N2CCCc3ccccc32)c1. The van der Waals surface area contributed by atoms with Crippen molar-refractivity contribution in [3.63, 3.8) is 0 Å². The van der Waals surface area contributed by atoms with E-state index in [-0.39, 0.29) is 24.7 Å². The number of rotatable bonds is 6. The summed E-state index contributed by atoms with van der Waals surface area (Å²) in [5, 5.41) is 3.94. The molecule has 1 aliphatic heterocycles. The topological polar surface area (TPSA) is 71.0 Å². The molecule has 6 heteroatoms. The van der Waals surface area contributed by atoms with Crippen molar-refractivity contribution >= 4 is 23.7 Å². The van der Waals surface area contributed by atoms with Gasteiger partial charge in [0.1, 0.15) is 5.75 Å². The molecule has 1 N–H and O–H groups in total. The minimum Gasteiger partial charge on any atom is -0.497 e. The lowest BCUT2D eigenvalue weighted by molar-refractivity contribution is -0.125. The van der Waals surface area contributed by atoms with Crippen LogP contribution in [0.15, 0.2) is 53.6 Å². The van der Waals surface area contributed by atoms with Gasteiger partial charge in [0.15, 0.2) is 0 Å². The standard InChI is InChI=1S/C21H23N3O3/c1-27-18-9-4-6-16(14-18)15-22-23-20(25)11-12-21(26)24-13-5-8-17-7-2-3-10-19(17)24/h2-4,6-7,9-10,14-15H,5,8,11-13H2,1H3,(H,23,25). The number of benzene rings is 2. The molecule has 140 valence electrons. The Balaban J connectivity index is 1.49. The van der Waals surface area contributed by atoms with Gasteiger partial charge in [0, 0.05) is 25.1 Å². The number of fused-ring (bicyclic) bond motifs is 1. The summed E-state index contributed by atoms with van der Waals surface area (Å²) in [6, 6.07) is 15.3. The van der Waals surface area contributed by atoms with E-state index in [4.69, 9.17) is 4.74 Å². The number of anilines is 1. The van der Waals surface area contributed by atoms with Crippen LogP contribution >= 0.6 is 0 Å². The van der Waals surface area contributed by atoms with E-state index >= 15 is 0 Å². The number of carbonyl (C=O) groups excluding carboxylic acids is 2. The Labute approximate surface area is 158 Å². The van der Waals surface area contributed by atoms with Crippen molar-refractivity contribution in [3.8, 4) is 5.75 Å². The second kappa shape index (κ2) is 8.98. The van der Waals surface area contributed by atoms with E-state index in [1.54, 1.807) is 18.2 Å². The monoisotopic (exact) mass is 365 g/mol. The van der Waals surface area contributed by atoms with E-state index in [0.29, 0.717) is 6.54 Å². The predicted octanol–water partition coefficient (Wildman–Crippen LogP) is 2.90.